The Hall–Kier alpha value is -0.180. The molecule has 0 aromatic heterocycles. The smallest absolute Gasteiger partial charge is 0.156 e. The summed E-state index contributed by atoms with van der Waals surface area (Å²) in [7, 11) is 1.83. The van der Waals surface area contributed by atoms with Gasteiger partial charge in [0, 0.05) is 18.8 Å². The lowest BCUT2D eigenvalue weighted by molar-refractivity contribution is 0.759. The van der Waals surface area contributed by atoms with Crippen LogP contribution in [-0.2, 0) is 0 Å². The fraction of sp³-hybridized carbons (Fsp3) is 0.833. The SMILES string of the molecule is CN=C1NCCC(C)S1. The van der Waals surface area contributed by atoms with Gasteiger partial charge in [0.15, 0.2) is 5.17 Å². The second kappa shape index (κ2) is 3.11. The Morgan fingerprint density at radius 1 is 1.78 bits per heavy atom. The average molecular weight is 144 g/mol. The van der Waals surface area contributed by atoms with Gasteiger partial charge in [-0.05, 0) is 6.42 Å². The minimum Gasteiger partial charge on any atom is -0.365 e. The van der Waals surface area contributed by atoms with Crippen LogP contribution in [0.1, 0.15) is 13.3 Å². The van der Waals surface area contributed by atoms with E-state index in [4.69, 9.17) is 0 Å². The molecule has 52 valence electrons. The van der Waals surface area contributed by atoms with Crippen LogP contribution in [0.15, 0.2) is 4.99 Å². The molecule has 0 bridgehead atoms. The minimum atomic E-state index is 0.741. The molecule has 0 aromatic rings. The summed E-state index contributed by atoms with van der Waals surface area (Å²) in [6.07, 6.45) is 1.25. The van der Waals surface area contributed by atoms with Gasteiger partial charge in [-0.3, -0.25) is 4.99 Å². The number of thioether (sulfide) groups is 1. The van der Waals surface area contributed by atoms with Crippen LogP contribution in [0.3, 0.4) is 0 Å². The molecule has 1 aliphatic rings. The van der Waals surface area contributed by atoms with Gasteiger partial charge in [0.2, 0.25) is 0 Å². The van der Waals surface area contributed by atoms with E-state index in [1.54, 1.807) is 0 Å². The summed E-state index contributed by atoms with van der Waals surface area (Å²) in [6.45, 7) is 3.32. The maximum atomic E-state index is 4.07. The largest absolute Gasteiger partial charge is 0.365 e. The van der Waals surface area contributed by atoms with Crippen LogP contribution in [0, 0.1) is 0 Å². The lowest BCUT2D eigenvalue weighted by Crippen LogP contribution is -2.30. The van der Waals surface area contributed by atoms with E-state index in [2.05, 4.69) is 17.2 Å². The summed E-state index contributed by atoms with van der Waals surface area (Å²) in [5.41, 5.74) is 0. The van der Waals surface area contributed by atoms with Crippen molar-refractivity contribution in [2.45, 2.75) is 18.6 Å². The van der Waals surface area contributed by atoms with Crippen LogP contribution in [0.25, 0.3) is 0 Å². The first-order valence-corrected chi connectivity index (χ1v) is 4.08. The first-order valence-electron chi connectivity index (χ1n) is 3.20. The van der Waals surface area contributed by atoms with Crippen molar-refractivity contribution in [2.75, 3.05) is 13.6 Å². The van der Waals surface area contributed by atoms with Crippen LogP contribution >= 0.6 is 11.8 Å². The van der Waals surface area contributed by atoms with Crippen molar-refractivity contribution in [3.63, 3.8) is 0 Å². The molecule has 1 unspecified atom stereocenters. The molecule has 2 nitrogen and oxygen atoms in total. The standard InChI is InChI=1S/C6H12N2S/c1-5-3-4-8-6(7-2)9-5/h5H,3-4H2,1-2H3,(H,7,8). The highest BCUT2D eigenvalue weighted by atomic mass is 32.2. The number of nitrogens with one attached hydrogen (secondary N) is 1. The number of hydrogen-bond donors (Lipinski definition) is 1. The van der Waals surface area contributed by atoms with Crippen molar-refractivity contribution in [3.05, 3.63) is 0 Å². The minimum absolute atomic E-state index is 0.741. The maximum Gasteiger partial charge on any atom is 0.156 e. The van der Waals surface area contributed by atoms with E-state index in [0.717, 1.165) is 17.0 Å². The molecule has 0 saturated carbocycles. The van der Waals surface area contributed by atoms with Crippen molar-refractivity contribution in [2.24, 2.45) is 4.99 Å². The molecule has 0 radical (unpaired) electrons. The van der Waals surface area contributed by atoms with Crippen LogP contribution in [0.4, 0.5) is 0 Å². The summed E-state index contributed by atoms with van der Waals surface area (Å²) < 4.78 is 0. The van der Waals surface area contributed by atoms with Crippen LogP contribution in [-0.4, -0.2) is 24.0 Å². The summed E-state index contributed by atoms with van der Waals surface area (Å²) in [5, 5.41) is 5.04. The second-order valence-corrected chi connectivity index (χ2v) is 3.60. The molecular weight excluding hydrogens is 132 g/mol. The highest BCUT2D eigenvalue weighted by molar-refractivity contribution is 8.14. The third-order valence-corrected chi connectivity index (χ3v) is 2.53. The number of amidine groups is 1. The van der Waals surface area contributed by atoms with Gasteiger partial charge in [0.05, 0.1) is 0 Å². The predicted molar refractivity (Wildman–Crippen MR) is 43.0 cm³/mol. The van der Waals surface area contributed by atoms with Gasteiger partial charge in [0.25, 0.3) is 0 Å². The van der Waals surface area contributed by atoms with Gasteiger partial charge >= 0.3 is 0 Å². The fourth-order valence-electron chi connectivity index (χ4n) is 0.805. The number of nitrogens with zero attached hydrogens (tertiary/aromatic N) is 1. The Kier molecular flexibility index (Phi) is 2.39. The summed E-state index contributed by atoms with van der Waals surface area (Å²) in [5.74, 6) is 0. The third-order valence-electron chi connectivity index (χ3n) is 1.34. The number of hydrogen-bond acceptors (Lipinski definition) is 2. The third kappa shape index (κ3) is 1.90. The van der Waals surface area contributed by atoms with E-state index < -0.39 is 0 Å². The normalized spacial score (nSPS) is 32.2. The number of aliphatic imine (C=N–C) groups is 1. The van der Waals surface area contributed by atoms with Gasteiger partial charge in [-0.2, -0.15) is 0 Å². The van der Waals surface area contributed by atoms with Crippen molar-refractivity contribution >= 4 is 16.9 Å². The lowest BCUT2D eigenvalue weighted by atomic mass is 10.3. The summed E-state index contributed by atoms with van der Waals surface area (Å²) in [4.78, 5) is 4.07. The number of rotatable bonds is 0. The van der Waals surface area contributed by atoms with E-state index in [1.165, 1.54) is 6.42 Å². The van der Waals surface area contributed by atoms with E-state index >= 15 is 0 Å². The quantitative estimate of drug-likeness (QED) is 0.550. The first-order chi connectivity index (χ1) is 4.33. The van der Waals surface area contributed by atoms with Gasteiger partial charge in [0.1, 0.15) is 0 Å². The predicted octanol–water partition coefficient (Wildman–Crippen LogP) is 1.09. The first kappa shape index (κ1) is 6.93. The maximum absolute atomic E-state index is 4.07. The Morgan fingerprint density at radius 2 is 2.56 bits per heavy atom. The molecule has 3 heteroatoms. The zero-order chi connectivity index (χ0) is 6.69. The van der Waals surface area contributed by atoms with Crippen molar-refractivity contribution < 1.29 is 0 Å². The summed E-state index contributed by atoms with van der Waals surface area (Å²) >= 11 is 1.83. The molecular formula is C6H12N2S. The molecule has 1 N–H and O–H groups in total. The van der Waals surface area contributed by atoms with E-state index in [1.807, 2.05) is 18.8 Å². The highest BCUT2D eigenvalue weighted by Crippen LogP contribution is 2.17. The van der Waals surface area contributed by atoms with E-state index in [0.29, 0.717) is 0 Å². The van der Waals surface area contributed by atoms with Crippen molar-refractivity contribution in [1.29, 1.82) is 0 Å². The van der Waals surface area contributed by atoms with Crippen LogP contribution < -0.4 is 5.32 Å². The Labute approximate surface area is 60.1 Å². The van der Waals surface area contributed by atoms with Gasteiger partial charge < -0.3 is 5.32 Å². The molecule has 9 heavy (non-hydrogen) atoms. The van der Waals surface area contributed by atoms with Gasteiger partial charge in [-0.15, -0.1) is 0 Å². The molecule has 1 aliphatic heterocycles. The van der Waals surface area contributed by atoms with Crippen molar-refractivity contribution in [1.82, 2.24) is 5.32 Å². The topological polar surface area (TPSA) is 24.4 Å². The Balaban J connectivity index is 2.41. The van der Waals surface area contributed by atoms with Gasteiger partial charge in [-0.1, -0.05) is 18.7 Å². The molecule has 1 heterocycles. The summed E-state index contributed by atoms with van der Waals surface area (Å²) in [6, 6.07) is 0. The highest BCUT2D eigenvalue weighted by Gasteiger charge is 2.12. The molecule has 1 saturated heterocycles. The monoisotopic (exact) mass is 144 g/mol. The molecule has 0 aromatic carbocycles. The molecule has 0 spiro atoms. The zero-order valence-electron chi connectivity index (χ0n) is 5.85. The second-order valence-electron chi connectivity index (χ2n) is 2.17. The van der Waals surface area contributed by atoms with Crippen molar-refractivity contribution in [3.8, 4) is 0 Å². The van der Waals surface area contributed by atoms with E-state index in [-0.39, 0.29) is 0 Å². The average Bonchev–Trinajstić information content (AvgIpc) is 1.88. The Morgan fingerprint density at radius 3 is 3.00 bits per heavy atom. The van der Waals surface area contributed by atoms with Crippen LogP contribution in [0.5, 0.6) is 0 Å². The van der Waals surface area contributed by atoms with E-state index in [9.17, 15) is 0 Å². The zero-order valence-corrected chi connectivity index (χ0v) is 6.66. The molecule has 1 rings (SSSR count). The Bertz CT molecular complexity index is 122. The molecule has 0 aliphatic carbocycles. The molecule has 1 atom stereocenters. The lowest BCUT2D eigenvalue weighted by Gasteiger charge is -2.19. The van der Waals surface area contributed by atoms with Crippen LogP contribution in [0.2, 0.25) is 0 Å². The fourth-order valence-corrected chi connectivity index (χ4v) is 1.71. The van der Waals surface area contributed by atoms with Gasteiger partial charge in [-0.25, -0.2) is 0 Å². The molecule has 0 amide bonds. The molecule has 1 fully saturated rings.